The maximum absolute atomic E-state index is 13.1. The molecule has 0 bridgehead atoms. The SMILES string of the molecule is CCOc1cc(/C=C2/SC(=O)N(CC(=O)Nc3ccc(N4CCOCC4)cc3)C2=O)cc(I)c1OCc1ccccc1Cl. The van der Waals surface area contributed by atoms with Gasteiger partial charge in [0.05, 0.1) is 28.3 Å². The average Bonchev–Trinajstić information content (AvgIpc) is 3.25. The van der Waals surface area contributed by atoms with E-state index in [4.69, 9.17) is 25.8 Å². The van der Waals surface area contributed by atoms with Crippen molar-refractivity contribution >= 4 is 80.5 Å². The van der Waals surface area contributed by atoms with Gasteiger partial charge in [-0.3, -0.25) is 19.3 Å². The Kier molecular flexibility index (Phi) is 10.5. The summed E-state index contributed by atoms with van der Waals surface area (Å²) in [5, 5.41) is 2.87. The second kappa shape index (κ2) is 14.5. The fourth-order valence-corrected chi connectivity index (χ4v) is 6.36. The Balaban J connectivity index is 1.24. The zero-order valence-electron chi connectivity index (χ0n) is 23.3. The van der Waals surface area contributed by atoms with Crippen LogP contribution in [0.5, 0.6) is 11.5 Å². The van der Waals surface area contributed by atoms with Gasteiger partial charge < -0.3 is 24.4 Å². The summed E-state index contributed by atoms with van der Waals surface area (Å²) in [4.78, 5) is 42.0. The van der Waals surface area contributed by atoms with E-state index in [1.807, 2.05) is 43.3 Å². The summed E-state index contributed by atoms with van der Waals surface area (Å²) in [6.07, 6.45) is 1.62. The molecule has 3 amide bonds. The van der Waals surface area contributed by atoms with Gasteiger partial charge in [0.15, 0.2) is 11.5 Å². The van der Waals surface area contributed by atoms with Crippen LogP contribution in [0, 0.1) is 3.57 Å². The molecule has 1 N–H and O–H groups in total. The van der Waals surface area contributed by atoms with Crippen LogP contribution in [0.15, 0.2) is 65.6 Å². The van der Waals surface area contributed by atoms with E-state index in [0.29, 0.717) is 47.6 Å². The van der Waals surface area contributed by atoms with Gasteiger partial charge >= 0.3 is 0 Å². The molecule has 2 saturated heterocycles. The summed E-state index contributed by atoms with van der Waals surface area (Å²) in [5.41, 5.74) is 3.13. The Morgan fingerprint density at radius 1 is 1.09 bits per heavy atom. The topological polar surface area (TPSA) is 97.4 Å². The normalized spacial score (nSPS) is 16.1. The van der Waals surface area contributed by atoms with E-state index in [1.165, 1.54) is 0 Å². The number of benzene rings is 3. The molecule has 3 aromatic carbocycles. The van der Waals surface area contributed by atoms with Crippen LogP contribution < -0.4 is 19.7 Å². The number of thioether (sulfide) groups is 1. The third-order valence-corrected chi connectivity index (χ3v) is 8.74. The summed E-state index contributed by atoms with van der Waals surface area (Å²) >= 11 is 9.22. The number of halogens is 2. The lowest BCUT2D eigenvalue weighted by Gasteiger charge is -2.28. The average molecular weight is 734 g/mol. The number of anilines is 2. The lowest BCUT2D eigenvalue weighted by atomic mass is 10.1. The first kappa shape index (κ1) is 31.2. The summed E-state index contributed by atoms with van der Waals surface area (Å²) in [6, 6.07) is 18.5. The van der Waals surface area contributed by atoms with E-state index < -0.39 is 17.1 Å². The third kappa shape index (κ3) is 7.83. The number of hydrogen-bond acceptors (Lipinski definition) is 8. The lowest BCUT2D eigenvalue weighted by Crippen LogP contribution is -2.36. The highest BCUT2D eigenvalue weighted by molar-refractivity contribution is 14.1. The van der Waals surface area contributed by atoms with Crippen LogP contribution >= 0.6 is 46.0 Å². The number of nitrogens with one attached hydrogen (secondary N) is 1. The number of ether oxygens (including phenoxy) is 3. The molecule has 0 aliphatic carbocycles. The molecule has 2 fully saturated rings. The van der Waals surface area contributed by atoms with Crippen molar-refractivity contribution in [2.24, 2.45) is 0 Å². The Morgan fingerprint density at radius 2 is 1.84 bits per heavy atom. The quantitative estimate of drug-likeness (QED) is 0.188. The number of imide groups is 1. The smallest absolute Gasteiger partial charge is 0.294 e. The summed E-state index contributed by atoms with van der Waals surface area (Å²) in [5.74, 6) is 0.0731. The van der Waals surface area contributed by atoms with Gasteiger partial charge in [-0.1, -0.05) is 29.8 Å². The van der Waals surface area contributed by atoms with Gasteiger partial charge in [-0.25, -0.2) is 0 Å². The zero-order valence-corrected chi connectivity index (χ0v) is 27.0. The highest BCUT2D eigenvalue weighted by Gasteiger charge is 2.36. The van der Waals surface area contributed by atoms with Crippen LogP contribution in [-0.2, 0) is 20.9 Å². The van der Waals surface area contributed by atoms with Crippen LogP contribution in [0.3, 0.4) is 0 Å². The van der Waals surface area contributed by atoms with Crippen molar-refractivity contribution in [2.75, 3.05) is 49.7 Å². The summed E-state index contributed by atoms with van der Waals surface area (Å²) in [6.45, 7) is 5.13. The van der Waals surface area contributed by atoms with Crippen LogP contribution in [0.4, 0.5) is 16.2 Å². The van der Waals surface area contributed by atoms with Crippen molar-refractivity contribution < 1.29 is 28.6 Å². The van der Waals surface area contributed by atoms with E-state index in [-0.39, 0.29) is 18.1 Å². The number of morpholine rings is 1. The highest BCUT2D eigenvalue weighted by Crippen LogP contribution is 2.38. The van der Waals surface area contributed by atoms with Gasteiger partial charge in [-0.05, 0) is 95.4 Å². The first-order valence-electron chi connectivity index (χ1n) is 13.6. The third-order valence-electron chi connectivity index (χ3n) is 6.66. The molecule has 5 rings (SSSR count). The molecule has 0 unspecified atom stereocenters. The van der Waals surface area contributed by atoms with Crippen molar-refractivity contribution in [1.29, 1.82) is 0 Å². The monoisotopic (exact) mass is 733 g/mol. The molecular formula is C31H29ClIN3O6S. The first-order chi connectivity index (χ1) is 20.8. The number of hydrogen-bond donors (Lipinski definition) is 1. The Hall–Kier alpha value is -3.26. The van der Waals surface area contributed by atoms with Gasteiger partial charge in [0.2, 0.25) is 5.91 Å². The molecule has 2 aliphatic heterocycles. The highest BCUT2D eigenvalue weighted by atomic mass is 127. The zero-order chi connectivity index (χ0) is 30.3. The van der Waals surface area contributed by atoms with Crippen molar-refractivity contribution in [1.82, 2.24) is 4.90 Å². The molecule has 0 atom stereocenters. The van der Waals surface area contributed by atoms with Gasteiger partial charge in [-0.15, -0.1) is 0 Å². The molecule has 3 aromatic rings. The molecule has 2 aliphatic rings. The van der Waals surface area contributed by atoms with E-state index in [2.05, 4.69) is 32.8 Å². The number of carbonyl (C=O) groups excluding carboxylic acids is 3. The molecule has 0 spiro atoms. The molecule has 43 heavy (non-hydrogen) atoms. The molecule has 224 valence electrons. The molecule has 0 radical (unpaired) electrons. The maximum Gasteiger partial charge on any atom is 0.294 e. The predicted octanol–water partition coefficient (Wildman–Crippen LogP) is 6.43. The van der Waals surface area contributed by atoms with Crippen molar-refractivity contribution in [2.45, 2.75) is 13.5 Å². The van der Waals surface area contributed by atoms with Gasteiger partial charge in [0, 0.05) is 35.1 Å². The van der Waals surface area contributed by atoms with E-state index in [9.17, 15) is 14.4 Å². The molecule has 0 saturated carbocycles. The molecular weight excluding hydrogens is 705 g/mol. The van der Waals surface area contributed by atoms with Crippen LogP contribution in [0.1, 0.15) is 18.1 Å². The predicted molar refractivity (Wildman–Crippen MR) is 177 cm³/mol. The fraction of sp³-hybridized carbons (Fsp3) is 0.258. The molecule has 0 aromatic heterocycles. The second-order valence-corrected chi connectivity index (χ2v) is 12.2. The van der Waals surface area contributed by atoms with Crippen molar-refractivity contribution in [3.63, 3.8) is 0 Å². The Morgan fingerprint density at radius 3 is 2.56 bits per heavy atom. The van der Waals surface area contributed by atoms with Gasteiger partial charge in [-0.2, -0.15) is 0 Å². The second-order valence-electron chi connectivity index (χ2n) is 9.61. The van der Waals surface area contributed by atoms with Crippen molar-refractivity contribution in [3.05, 3.63) is 85.3 Å². The largest absolute Gasteiger partial charge is 0.490 e. The minimum Gasteiger partial charge on any atom is -0.490 e. The number of carbonyl (C=O) groups is 3. The molecule has 12 heteroatoms. The van der Waals surface area contributed by atoms with E-state index >= 15 is 0 Å². The summed E-state index contributed by atoms with van der Waals surface area (Å²) in [7, 11) is 0. The van der Waals surface area contributed by atoms with Crippen LogP contribution in [0.2, 0.25) is 5.02 Å². The standard InChI is InChI=1S/C31H29ClIN3O6S/c1-2-41-26-16-20(15-25(33)29(26)42-19-21-5-3-4-6-24(21)32)17-27-30(38)36(31(39)43-27)18-28(37)34-22-7-9-23(10-8-22)35-11-13-40-14-12-35/h3-10,15-17H,2,11-14,18-19H2,1H3,(H,34,37)/b27-17+. The van der Waals surface area contributed by atoms with E-state index in [0.717, 1.165) is 44.6 Å². The summed E-state index contributed by atoms with van der Waals surface area (Å²) < 4.78 is 18.1. The van der Waals surface area contributed by atoms with E-state index in [1.54, 1.807) is 30.3 Å². The fourth-order valence-electron chi connectivity index (χ4n) is 4.55. The minimum absolute atomic E-state index is 0.218. The van der Waals surface area contributed by atoms with Crippen LogP contribution in [-0.4, -0.2) is 61.4 Å². The first-order valence-corrected chi connectivity index (χ1v) is 15.9. The Bertz CT molecular complexity index is 1540. The lowest BCUT2D eigenvalue weighted by molar-refractivity contribution is -0.127. The minimum atomic E-state index is -0.528. The van der Waals surface area contributed by atoms with Crippen LogP contribution in [0.25, 0.3) is 6.08 Å². The molecule has 9 nitrogen and oxygen atoms in total. The van der Waals surface area contributed by atoms with Gasteiger partial charge in [0.1, 0.15) is 13.2 Å². The van der Waals surface area contributed by atoms with Gasteiger partial charge in [0.25, 0.3) is 11.1 Å². The number of amides is 3. The number of rotatable bonds is 10. The van der Waals surface area contributed by atoms with Crippen molar-refractivity contribution in [3.8, 4) is 11.5 Å². The maximum atomic E-state index is 13.1. The Labute approximate surface area is 272 Å². The number of nitrogens with zero attached hydrogens (tertiary/aromatic N) is 2. The molecule has 2 heterocycles.